The second-order valence-corrected chi connectivity index (χ2v) is 6.41. The third-order valence-electron chi connectivity index (χ3n) is 4.49. The third kappa shape index (κ3) is 3.64. The topological polar surface area (TPSA) is 115 Å². The predicted octanol–water partition coefficient (Wildman–Crippen LogP) is 3.64. The minimum atomic E-state index is -0.341. The zero-order valence-corrected chi connectivity index (χ0v) is 15.4. The summed E-state index contributed by atoms with van der Waals surface area (Å²) in [7, 11) is 0. The van der Waals surface area contributed by atoms with Gasteiger partial charge in [-0.3, -0.25) is 4.79 Å². The first kappa shape index (κ1) is 18.2. The van der Waals surface area contributed by atoms with Gasteiger partial charge in [0.25, 0.3) is 5.91 Å². The number of nitrogens with zero attached hydrogens (tertiary/aromatic N) is 3. The Balaban J connectivity index is 1.68. The number of benzene rings is 1. The van der Waals surface area contributed by atoms with Crippen LogP contribution >= 0.6 is 0 Å². The van der Waals surface area contributed by atoms with E-state index in [1.807, 2.05) is 36.4 Å². The van der Waals surface area contributed by atoms with Crippen LogP contribution in [-0.4, -0.2) is 32.5 Å². The maximum Gasteiger partial charge on any atom is 0.269 e. The first-order chi connectivity index (χ1) is 14.2. The van der Waals surface area contributed by atoms with Crippen molar-refractivity contribution in [3.05, 3.63) is 66.5 Å². The number of H-pyrrole nitrogens is 1. The first-order valence-corrected chi connectivity index (χ1v) is 9.06. The highest BCUT2D eigenvalue weighted by Gasteiger charge is 2.15. The number of carbonyl (C=O) groups excluding carboxylic acids is 1. The highest BCUT2D eigenvalue weighted by molar-refractivity contribution is 5.95. The van der Waals surface area contributed by atoms with Gasteiger partial charge in [-0.25, -0.2) is 9.97 Å². The second-order valence-electron chi connectivity index (χ2n) is 6.41. The van der Waals surface area contributed by atoms with Gasteiger partial charge in [-0.1, -0.05) is 36.4 Å². The number of rotatable bonds is 5. The number of fused-ring (bicyclic) bond motifs is 1. The van der Waals surface area contributed by atoms with E-state index in [9.17, 15) is 9.90 Å². The average molecular weight is 383 g/mol. The van der Waals surface area contributed by atoms with Crippen LogP contribution in [0.1, 0.15) is 16.9 Å². The number of carbonyl (C=O) groups is 1. The van der Waals surface area contributed by atoms with E-state index in [-0.39, 0.29) is 30.3 Å². The lowest BCUT2D eigenvalue weighted by Crippen LogP contribution is -2.25. The summed E-state index contributed by atoms with van der Waals surface area (Å²) >= 11 is 0. The van der Waals surface area contributed by atoms with Gasteiger partial charge in [0.05, 0.1) is 29.3 Å². The van der Waals surface area contributed by atoms with Gasteiger partial charge in [-0.15, -0.1) is 0 Å². The maximum absolute atomic E-state index is 12.2. The summed E-state index contributed by atoms with van der Waals surface area (Å²) < 4.78 is 0. The molecule has 142 valence electrons. The molecular weight excluding hydrogens is 366 g/mol. The monoisotopic (exact) mass is 383 g/mol. The Morgan fingerprint density at radius 2 is 1.97 bits per heavy atom. The zero-order valence-electron chi connectivity index (χ0n) is 15.4. The number of nitriles is 1. The SMILES string of the molecule is N#CCCNC(=O)c1cccc(-c2cnc3[nH]c(-c4ccccc4)c(O)c3c2)n1. The Bertz CT molecular complexity index is 1230. The van der Waals surface area contributed by atoms with Crippen LogP contribution in [0, 0.1) is 11.3 Å². The number of pyridine rings is 2. The molecule has 0 unspecified atom stereocenters. The van der Waals surface area contributed by atoms with Crippen molar-refractivity contribution in [2.45, 2.75) is 6.42 Å². The molecule has 29 heavy (non-hydrogen) atoms. The van der Waals surface area contributed by atoms with Crippen LogP contribution in [0.3, 0.4) is 0 Å². The molecule has 1 amide bonds. The lowest BCUT2D eigenvalue weighted by molar-refractivity contribution is 0.0949. The fourth-order valence-corrected chi connectivity index (χ4v) is 3.06. The van der Waals surface area contributed by atoms with Crippen LogP contribution in [0.25, 0.3) is 33.5 Å². The van der Waals surface area contributed by atoms with Crippen LogP contribution in [0.4, 0.5) is 0 Å². The van der Waals surface area contributed by atoms with Crippen LogP contribution in [0.2, 0.25) is 0 Å². The fourth-order valence-electron chi connectivity index (χ4n) is 3.06. The van der Waals surface area contributed by atoms with E-state index in [0.717, 1.165) is 5.56 Å². The molecule has 4 aromatic rings. The van der Waals surface area contributed by atoms with E-state index in [2.05, 4.69) is 20.3 Å². The Kier molecular flexibility index (Phi) is 4.91. The standard InChI is InChI=1S/C22H17N5O2/c23-10-5-11-24-22(29)18-9-4-8-17(26-18)15-12-16-20(28)19(27-21(16)25-13-15)14-6-2-1-3-7-14/h1-4,6-9,12-13,28H,5,11H2,(H,24,29)(H,25,27). The number of nitrogens with one attached hydrogen (secondary N) is 2. The predicted molar refractivity (Wildman–Crippen MR) is 109 cm³/mol. The molecular formula is C22H17N5O2. The van der Waals surface area contributed by atoms with E-state index in [4.69, 9.17) is 5.26 Å². The van der Waals surface area contributed by atoms with Crippen molar-refractivity contribution in [2.24, 2.45) is 0 Å². The first-order valence-electron chi connectivity index (χ1n) is 9.06. The Hall–Kier alpha value is -4.18. The summed E-state index contributed by atoms with van der Waals surface area (Å²) in [4.78, 5) is 24.1. The van der Waals surface area contributed by atoms with E-state index in [0.29, 0.717) is 28.0 Å². The Morgan fingerprint density at radius 3 is 2.76 bits per heavy atom. The molecule has 0 bridgehead atoms. The lowest BCUT2D eigenvalue weighted by Gasteiger charge is -2.05. The number of aromatic amines is 1. The summed E-state index contributed by atoms with van der Waals surface area (Å²) in [6, 6.07) is 18.4. The lowest BCUT2D eigenvalue weighted by atomic mass is 10.1. The molecule has 4 rings (SSSR count). The number of amides is 1. The van der Waals surface area contributed by atoms with Gasteiger partial charge in [0.1, 0.15) is 11.3 Å². The van der Waals surface area contributed by atoms with Crippen molar-refractivity contribution in [1.82, 2.24) is 20.3 Å². The summed E-state index contributed by atoms with van der Waals surface area (Å²) in [5.74, 6) is -0.224. The average Bonchev–Trinajstić information content (AvgIpc) is 3.10. The van der Waals surface area contributed by atoms with Crippen LogP contribution in [-0.2, 0) is 0 Å². The fraction of sp³-hybridized carbons (Fsp3) is 0.0909. The molecule has 0 saturated heterocycles. The van der Waals surface area contributed by atoms with Crippen molar-refractivity contribution < 1.29 is 9.90 Å². The highest BCUT2D eigenvalue weighted by Crippen LogP contribution is 2.36. The van der Waals surface area contributed by atoms with Crippen LogP contribution in [0.15, 0.2) is 60.8 Å². The molecule has 7 nitrogen and oxygen atoms in total. The molecule has 0 saturated carbocycles. The molecule has 3 aromatic heterocycles. The van der Waals surface area contributed by atoms with Gasteiger partial charge in [0.2, 0.25) is 0 Å². The summed E-state index contributed by atoms with van der Waals surface area (Å²) in [5.41, 5.74) is 3.52. The summed E-state index contributed by atoms with van der Waals surface area (Å²) in [5, 5.41) is 22.5. The largest absolute Gasteiger partial charge is 0.505 e. The minimum Gasteiger partial charge on any atom is -0.505 e. The molecule has 3 N–H and O–H groups in total. The molecule has 0 atom stereocenters. The van der Waals surface area contributed by atoms with Crippen molar-refractivity contribution >= 4 is 16.9 Å². The van der Waals surface area contributed by atoms with Crippen LogP contribution < -0.4 is 5.32 Å². The zero-order chi connectivity index (χ0) is 20.2. The molecule has 0 aliphatic carbocycles. The summed E-state index contributed by atoms with van der Waals surface area (Å²) in [6.07, 6.45) is 1.88. The van der Waals surface area contributed by atoms with Crippen LogP contribution in [0.5, 0.6) is 5.75 Å². The van der Waals surface area contributed by atoms with Crippen molar-refractivity contribution in [3.8, 4) is 34.3 Å². The number of aromatic hydroxyl groups is 1. The molecule has 3 heterocycles. The number of hydrogen-bond acceptors (Lipinski definition) is 5. The summed E-state index contributed by atoms with van der Waals surface area (Å²) in [6.45, 7) is 0.272. The van der Waals surface area contributed by atoms with E-state index in [1.54, 1.807) is 30.5 Å². The molecule has 0 aliphatic rings. The van der Waals surface area contributed by atoms with Crippen molar-refractivity contribution in [3.63, 3.8) is 0 Å². The van der Waals surface area contributed by atoms with Gasteiger partial charge in [-0.2, -0.15) is 5.26 Å². The minimum absolute atomic E-state index is 0.117. The van der Waals surface area contributed by atoms with Gasteiger partial charge >= 0.3 is 0 Å². The normalized spacial score (nSPS) is 10.6. The van der Waals surface area contributed by atoms with Crippen molar-refractivity contribution in [2.75, 3.05) is 6.54 Å². The molecule has 0 radical (unpaired) electrons. The van der Waals surface area contributed by atoms with E-state index < -0.39 is 0 Å². The highest BCUT2D eigenvalue weighted by atomic mass is 16.3. The quantitative estimate of drug-likeness (QED) is 0.455. The van der Waals surface area contributed by atoms with Gasteiger partial charge in [0, 0.05) is 23.9 Å². The van der Waals surface area contributed by atoms with Gasteiger partial charge in [-0.05, 0) is 18.2 Å². The number of aromatic nitrogens is 3. The van der Waals surface area contributed by atoms with Gasteiger partial charge in [0.15, 0.2) is 5.75 Å². The van der Waals surface area contributed by atoms with Crippen molar-refractivity contribution in [1.29, 1.82) is 5.26 Å². The molecule has 0 fully saturated rings. The van der Waals surface area contributed by atoms with Gasteiger partial charge < -0.3 is 15.4 Å². The third-order valence-corrected chi connectivity index (χ3v) is 4.49. The van der Waals surface area contributed by atoms with E-state index in [1.165, 1.54) is 0 Å². The molecule has 7 heteroatoms. The molecule has 0 aliphatic heterocycles. The van der Waals surface area contributed by atoms with E-state index >= 15 is 0 Å². The smallest absolute Gasteiger partial charge is 0.269 e. The second kappa shape index (κ2) is 7.82. The number of hydrogen-bond donors (Lipinski definition) is 3. The Labute approximate surface area is 166 Å². The molecule has 1 aromatic carbocycles. The Morgan fingerprint density at radius 1 is 1.14 bits per heavy atom. The molecule has 0 spiro atoms. The maximum atomic E-state index is 12.2.